The van der Waals surface area contributed by atoms with Gasteiger partial charge in [0.2, 0.25) is 15.9 Å². The summed E-state index contributed by atoms with van der Waals surface area (Å²) in [5.41, 5.74) is 0.863. The third kappa shape index (κ3) is 4.52. The van der Waals surface area contributed by atoms with E-state index in [1.807, 2.05) is 26.8 Å². The summed E-state index contributed by atoms with van der Waals surface area (Å²) < 4.78 is 32.6. The Morgan fingerprint density at radius 3 is 2.56 bits per heavy atom. The van der Waals surface area contributed by atoms with Crippen molar-refractivity contribution in [1.29, 1.82) is 0 Å². The van der Waals surface area contributed by atoms with E-state index in [1.165, 1.54) is 11.4 Å². The Balaban J connectivity index is 2.09. The highest BCUT2D eigenvalue weighted by atomic mass is 32.2. The van der Waals surface area contributed by atoms with Crippen molar-refractivity contribution in [2.45, 2.75) is 51.0 Å². The quantitative estimate of drug-likeness (QED) is 0.836. The molecule has 0 aromatic heterocycles. The summed E-state index contributed by atoms with van der Waals surface area (Å²) in [6, 6.07) is 5.28. The molecule has 0 radical (unpaired) electrons. The summed E-state index contributed by atoms with van der Waals surface area (Å²) in [7, 11) is -2.16. The van der Waals surface area contributed by atoms with E-state index in [-0.39, 0.29) is 22.8 Å². The maximum atomic E-state index is 13.0. The molecule has 1 aromatic carbocycles. The zero-order chi connectivity index (χ0) is 18.6. The number of sulfonamides is 1. The minimum Gasteiger partial charge on any atom is -0.495 e. The molecule has 2 rings (SSSR count). The number of piperidine rings is 1. The molecule has 0 aliphatic carbocycles. The van der Waals surface area contributed by atoms with Gasteiger partial charge in [0.1, 0.15) is 10.6 Å². The summed E-state index contributed by atoms with van der Waals surface area (Å²) in [5, 5.41) is 2.98. The van der Waals surface area contributed by atoms with Crippen molar-refractivity contribution in [3.8, 4) is 5.75 Å². The Morgan fingerprint density at radius 2 is 2.00 bits per heavy atom. The Bertz CT molecular complexity index is 710. The van der Waals surface area contributed by atoms with Crippen molar-refractivity contribution in [3.05, 3.63) is 23.8 Å². The second-order valence-corrected chi connectivity index (χ2v) is 8.56. The van der Waals surface area contributed by atoms with E-state index in [0.717, 1.165) is 12.0 Å². The minimum atomic E-state index is -3.63. The number of methoxy groups -OCH3 is 1. The summed E-state index contributed by atoms with van der Waals surface area (Å²) in [6.45, 7) is 6.54. The molecule has 0 spiro atoms. The van der Waals surface area contributed by atoms with Crippen molar-refractivity contribution >= 4 is 15.9 Å². The lowest BCUT2D eigenvalue weighted by Gasteiger charge is -2.31. The lowest BCUT2D eigenvalue weighted by Crippen LogP contribution is -2.44. The molecular weight excluding hydrogens is 340 g/mol. The number of benzene rings is 1. The first-order valence-corrected chi connectivity index (χ1v) is 10.2. The molecule has 1 amide bonds. The van der Waals surface area contributed by atoms with E-state index in [1.54, 1.807) is 12.1 Å². The number of amides is 1. The van der Waals surface area contributed by atoms with Crippen LogP contribution in [0, 0.1) is 12.8 Å². The molecule has 140 valence electrons. The molecule has 1 atom stereocenters. The maximum Gasteiger partial charge on any atom is 0.246 e. The Kier molecular flexibility index (Phi) is 6.46. The van der Waals surface area contributed by atoms with Crippen LogP contribution in [0.5, 0.6) is 5.75 Å². The lowest BCUT2D eigenvalue weighted by molar-refractivity contribution is -0.126. The number of hydrogen-bond donors (Lipinski definition) is 1. The van der Waals surface area contributed by atoms with Gasteiger partial charge >= 0.3 is 0 Å². The first-order chi connectivity index (χ1) is 11.8. The standard InChI is InChI=1S/C18H28N2O4S/c1-5-14(3)19-18(21)15-8-10-20(11-9-15)25(22,23)17-12-13(2)6-7-16(17)24-4/h6-7,12,14-15H,5,8-11H2,1-4H3,(H,19,21)/t14-/m0/s1. The molecule has 6 nitrogen and oxygen atoms in total. The second-order valence-electron chi connectivity index (χ2n) is 6.65. The topological polar surface area (TPSA) is 75.7 Å². The van der Waals surface area contributed by atoms with Crippen molar-refractivity contribution < 1.29 is 17.9 Å². The molecule has 7 heteroatoms. The van der Waals surface area contributed by atoms with E-state index in [9.17, 15) is 13.2 Å². The first kappa shape index (κ1) is 19.7. The van der Waals surface area contributed by atoms with Crippen LogP contribution in [0.3, 0.4) is 0 Å². The summed E-state index contributed by atoms with van der Waals surface area (Å²) in [5.74, 6) is 0.252. The Hall–Kier alpha value is -1.60. The van der Waals surface area contributed by atoms with E-state index in [4.69, 9.17) is 4.74 Å². The van der Waals surface area contributed by atoms with Crippen LogP contribution in [0.15, 0.2) is 23.1 Å². The highest BCUT2D eigenvalue weighted by molar-refractivity contribution is 7.89. The maximum absolute atomic E-state index is 13.0. The van der Waals surface area contributed by atoms with Gasteiger partial charge in [-0.15, -0.1) is 0 Å². The number of nitrogens with zero attached hydrogens (tertiary/aromatic N) is 1. The predicted molar refractivity (Wildman–Crippen MR) is 97.1 cm³/mol. The van der Waals surface area contributed by atoms with Crippen LogP contribution in [0.25, 0.3) is 0 Å². The highest BCUT2D eigenvalue weighted by Crippen LogP contribution is 2.30. The molecule has 0 saturated carbocycles. The van der Waals surface area contributed by atoms with Crippen molar-refractivity contribution in [2.75, 3.05) is 20.2 Å². The number of nitrogens with one attached hydrogen (secondary N) is 1. The molecule has 1 aromatic rings. The number of rotatable bonds is 6. The van der Waals surface area contributed by atoms with E-state index in [0.29, 0.717) is 31.7 Å². The van der Waals surface area contributed by atoms with Gasteiger partial charge in [0.25, 0.3) is 0 Å². The predicted octanol–water partition coefficient (Wildman–Crippen LogP) is 2.32. The summed E-state index contributed by atoms with van der Waals surface area (Å²) >= 11 is 0. The zero-order valence-corrected chi connectivity index (χ0v) is 16.2. The van der Waals surface area contributed by atoms with Crippen LogP contribution in [-0.4, -0.2) is 44.9 Å². The Morgan fingerprint density at radius 1 is 1.36 bits per heavy atom. The van der Waals surface area contributed by atoms with Crippen molar-refractivity contribution in [3.63, 3.8) is 0 Å². The molecule has 1 heterocycles. The van der Waals surface area contributed by atoms with E-state index < -0.39 is 10.0 Å². The monoisotopic (exact) mass is 368 g/mol. The van der Waals surface area contributed by atoms with Gasteiger partial charge in [0.05, 0.1) is 7.11 Å². The molecule has 1 N–H and O–H groups in total. The van der Waals surface area contributed by atoms with Crippen molar-refractivity contribution in [2.24, 2.45) is 5.92 Å². The molecule has 1 aliphatic heterocycles. The lowest BCUT2D eigenvalue weighted by atomic mass is 9.97. The fourth-order valence-electron chi connectivity index (χ4n) is 2.95. The number of hydrogen-bond acceptors (Lipinski definition) is 4. The van der Waals surface area contributed by atoms with Crippen LogP contribution in [-0.2, 0) is 14.8 Å². The second kappa shape index (κ2) is 8.19. The largest absolute Gasteiger partial charge is 0.495 e. The summed E-state index contributed by atoms with van der Waals surface area (Å²) in [6.07, 6.45) is 1.96. The smallest absolute Gasteiger partial charge is 0.246 e. The molecule has 1 saturated heterocycles. The first-order valence-electron chi connectivity index (χ1n) is 8.74. The number of carbonyl (C=O) groups excluding carboxylic acids is 1. The van der Waals surface area contributed by atoms with Gasteiger partial charge in [-0.3, -0.25) is 4.79 Å². The molecule has 0 bridgehead atoms. The fraction of sp³-hybridized carbons (Fsp3) is 0.611. The van der Waals surface area contributed by atoms with Crippen molar-refractivity contribution in [1.82, 2.24) is 9.62 Å². The average Bonchev–Trinajstić information content (AvgIpc) is 2.61. The van der Waals surface area contributed by atoms with Gasteiger partial charge in [-0.25, -0.2) is 8.42 Å². The highest BCUT2D eigenvalue weighted by Gasteiger charge is 2.33. The van der Waals surface area contributed by atoms with Gasteiger partial charge in [0.15, 0.2) is 0 Å². The molecular formula is C18H28N2O4S. The van der Waals surface area contributed by atoms with Gasteiger partial charge < -0.3 is 10.1 Å². The van der Waals surface area contributed by atoms with Crippen LogP contribution < -0.4 is 10.1 Å². The normalized spacial score (nSPS) is 17.9. The van der Waals surface area contributed by atoms with Gasteiger partial charge in [-0.05, 0) is 50.8 Å². The minimum absolute atomic E-state index is 0.0273. The SMILES string of the molecule is CC[C@H](C)NC(=O)C1CCN(S(=O)(=O)c2cc(C)ccc2OC)CC1. The third-order valence-electron chi connectivity index (χ3n) is 4.76. The van der Waals surface area contributed by atoms with E-state index in [2.05, 4.69) is 5.32 Å². The number of aryl methyl sites for hydroxylation is 1. The molecule has 25 heavy (non-hydrogen) atoms. The Labute approximate surface area is 150 Å². The number of carbonyl (C=O) groups is 1. The van der Waals surface area contributed by atoms with Crippen LogP contribution >= 0.6 is 0 Å². The van der Waals surface area contributed by atoms with Gasteiger partial charge in [-0.2, -0.15) is 4.31 Å². The van der Waals surface area contributed by atoms with Crippen LogP contribution in [0.1, 0.15) is 38.7 Å². The van der Waals surface area contributed by atoms with E-state index >= 15 is 0 Å². The fourth-order valence-corrected chi connectivity index (χ4v) is 4.66. The molecule has 1 aliphatic rings. The summed E-state index contributed by atoms with van der Waals surface area (Å²) in [4.78, 5) is 12.4. The average molecular weight is 368 g/mol. The zero-order valence-electron chi connectivity index (χ0n) is 15.4. The molecule has 1 fully saturated rings. The molecule has 0 unspecified atom stereocenters. The van der Waals surface area contributed by atoms with Gasteiger partial charge in [0, 0.05) is 25.0 Å². The van der Waals surface area contributed by atoms with Crippen LogP contribution in [0.2, 0.25) is 0 Å². The van der Waals surface area contributed by atoms with Gasteiger partial charge in [-0.1, -0.05) is 13.0 Å². The number of ether oxygens (including phenoxy) is 1. The van der Waals surface area contributed by atoms with Crippen LogP contribution in [0.4, 0.5) is 0 Å². The third-order valence-corrected chi connectivity index (χ3v) is 6.68.